The minimum absolute atomic E-state index is 0.0878. The van der Waals surface area contributed by atoms with Gasteiger partial charge in [-0.15, -0.1) is 0 Å². The molecule has 0 spiro atoms. The number of carbonyl (C=O) groups excluding carboxylic acids is 2. The van der Waals surface area contributed by atoms with Crippen LogP contribution >= 0.6 is 0 Å². The van der Waals surface area contributed by atoms with Gasteiger partial charge in [-0.2, -0.15) is 0 Å². The van der Waals surface area contributed by atoms with Gasteiger partial charge < -0.3 is 9.64 Å². The van der Waals surface area contributed by atoms with Gasteiger partial charge in [-0.3, -0.25) is 4.79 Å². The highest BCUT2D eigenvalue weighted by atomic mass is 16.5. The predicted molar refractivity (Wildman–Crippen MR) is 91.5 cm³/mol. The minimum atomic E-state index is -0.443. The zero-order valence-electron chi connectivity index (χ0n) is 14.3. The number of hydrogen-bond donors (Lipinski definition) is 0. The summed E-state index contributed by atoms with van der Waals surface area (Å²) < 4.78 is 5.49. The first-order valence-corrected chi connectivity index (χ1v) is 8.83. The number of benzene rings is 1. The molecule has 1 aliphatic heterocycles. The Morgan fingerprint density at radius 2 is 1.88 bits per heavy atom. The van der Waals surface area contributed by atoms with Gasteiger partial charge in [-0.25, -0.2) is 14.8 Å². The lowest BCUT2D eigenvalue weighted by molar-refractivity contribution is -0.155. The molecular formula is C19H21N3O3. The molecule has 0 N–H and O–H groups in total. The van der Waals surface area contributed by atoms with E-state index < -0.39 is 6.04 Å². The molecule has 130 valence electrons. The number of nitrogens with zero attached hydrogens (tertiary/aromatic N) is 3. The van der Waals surface area contributed by atoms with E-state index in [1.807, 2.05) is 31.2 Å². The zero-order chi connectivity index (χ0) is 17.4. The summed E-state index contributed by atoms with van der Waals surface area (Å²) in [5, 5.41) is 0. The van der Waals surface area contributed by atoms with Crippen LogP contribution in [0.25, 0.3) is 11.0 Å². The van der Waals surface area contributed by atoms with Crippen LogP contribution in [0.4, 0.5) is 0 Å². The van der Waals surface area contributed by atoms with Crippen molar-refractivity contribution in [3.63, 3.8) is 0 Å². The van der Waals surface area contributed by atoms with E-state index in [0.29, 0.717) is 18.7 Å². The summed E-state index contributed by atoms with van der Waals surface area (Å²) in [5.74, 6) is -0.0935. The van der Waals surface area contributed by atoms with Crippen molar-refractivity contribution in [3.05, 3.63) is 35.7 Å². The van der Waals surface area contributed by atoms with Gasteiger partial charge in [-0.05, 0) is 44.7 Å². The molecule has 2 fully saturated rings. The van der Waals surface area contributed by atoms with E-state index in [1.54, 1.807) is 4.90 Å². The van der Waals surface area contributed by atoms with E-state index in [9.17, 15) is 9.59 Å². The zero-order valence-corrected chi connectivity index (χ0v) is 14.3. The summed E-state index contributed by atoms with van der Waals surface area (Å²) in [6.45, 7) is 2.61. The molecule has 2 heterocycles. The van der Waals surface area contributed by atoms with Crippen LogP contribution in [0.2, 0.25) is 0 Å². The van der Waals surface area contributed by atoms with E-state index in [0.717, 1.165) is 36.0 Å². The molecule has 2 aliphatic rings. The molecule has 1 aliphatic carbocycles. The third-order valence-corrected chi connectivity index (χ3v) is 4.93. The topological polar surface area (TPSA) is 72.4 Å². The van der Waals surface area contributed by atoms with Crippen molar-refractivity contribution in [2.45, 2.75) is 45.3 Å². The average Bonchev–Trinajstić information content (AvgIpc) is 3.35. The Bertz CT molecular complexity index is 832. The van der Waals surface area contributed by atoms with Gasteiger partial charge in [0.15, 0.2) is 0 Å². The Labute approximate surface area is 146 Å². The fraction of sp³-hybridized carbons (Fsp3) is 0.474. The molecular weight excluding hydrogens is 318 g/mol. The molecule has 25 heavy (non-hydrogen) atoms. The van der Waals surface area contributed by atoms with Crippen LogP contribution in [0.5, 0.6) is 0 Å². The second-order valence-corrected chi connectivity index (χ2v) is 6.82. The predicted octanol–water partition coefficient (Wildman–Crippen LogP) is 2.38. The van der Waals surface area contributed by atoms with Crippen molar-refractivity contribution in [1.29, 1.82) is 0 Å². The third kappa shape index (κ3) is 3.21. The first-order chi connectivity index (χ1) is 12.1. The molecule has 1 saturated heterocycles. The number of ether oxygens (including phenoxy) is 1. The quantitative estimate of drug-likeness (QED) is 0.800. The normalized spacial score (nSPS) is 20.0. The van der Waals surface area contributed by atoms with Crippen molar-refractivity contribution in [1.82, 2.24) is 14.9 Å². The van der Waals surface area contributed by atoms with E-state index in [2.05, 4.69) is 9.97 Å². The fourth-order valence-electron chi connectivity index (χ4n) is 3.34. The standard InChI is InChI=1S/C19H21N3O3/c1-12-16(21-15-6-3-2-5-14(15)20-12)11-25-19(24)17-7-4-10-22(17)18(23)13-8-9-13/h2-3,5-6,13,17H,4,7-11H2,1H3. The van der Waals surface area contributed by atoms with Gasteiger partial charge in [0, 0.05) is 12.5 Å². The molecule has 1 aromatic heterocycles. The maximum atomic E-state index is 12.5. The third-order valence-electron chi connectivity index (χ3n) is 4.93. The summed E-state index contributed by atoms with van der Waals surface area (Å²) >= 11 is 0. The summed E-state index contributed by atoms with van der Waals surface area (Å²) in [6, 6.07) is 7.18. The second kappa shape index (κ2) is 6.43. The Kier molecular flexibility index (Phi) is 4.11. The number of para-hydroxylation sites is 2. The van der Waals surface area contributed by atoms with Crippen molar-refractivity contribution < 1.29 is 14.3 Å². The largest absolute Gasteiger partial charge is 0.458 e. The van der Waals surface area contributed by atoms with E-state index >= 15 is 0 Å². The van der Waals surface area contributed by atoms with E-state index in [4.69, 9.17) is 4.74 Å². The highest BCUT2D eigenvalue weighted by Crippen LogP contribution is 2.34. The molecule has 4 rings (SSSR count). The Balaban J connectivity index is 1.44. The number of carbonyl (C=O) groups is 2. The smallest absolute Gasteiger partial charge is 0.329 e. The van der Waals surface area contributed by atoms with Gasteiger partial charge in [0.05, 0.1) is 22.4 Å². The van der Waals surface area contributed by atoms with Crippen LogP contribution in [0.1, 0.15) is 37.1 Å². The van der Waals surface area contributed by atoms with Gasteiger partial charge in [0.2, 0.25) is 5.91 Å². The first-order valence-electron chi connectivity index (χ1n) is 8.83. The summed E-state index contributed by atoms with van der Waals surface area (Å²) in [5.41, 5.74) is 3.02. The van der Waals surface area contributed by atoms with Gasteiger partial charge in [0.1, 0.15) is 12.6 Å². The average molecular weight is 339 g/mol. The Hall–Kier alpha value is -2.50. The number of hydrogen-bond acceptors (Lipinski definition) is 5. The molecule has 6 heteroatoms. The van der Waals surface area contributed by atoms with Crippen molar-refractivity contribution in [3.8, 4) is 0 Å². The van der Waals surface area contributed by atoms with Gasteiger partial charge >= 0.3 is 5.97 Å². The highest BCUT2D eigenvalue weighted by molar-refractivity contribution is 5.87. The number of aromatic nitrogens is 2. The van der Waals surface area contributed by atoms with Crippen LogP contribution in [0, 0.1) is 12.8 Å². The lowest BCUT2D eigenvalue weighted by atomic mass is 10.2. The molecule has 1 saturated carbocycles. The molecule has 0 radical (unpaired) electrons. The maximum Gasteiger partial charge on any atom is 0.329 e. The number of likely N-dealkylation sites (tertiary alicyclic amines) is 1. The minimum Gasteiger partial charge on any atom is -0.458 e. The number of aryl methyl sites for hydroxylation is 1. The van der Waals surface area contributed by atoms with Gasteiger partial charge in [-0.1, -0.05) is 12.1 Å². The molecule has 1 atom stereocenters. The summed E-state index contributed by atoms with van der Waals surface area (Å²) in [6.07, 6.45) is 3.43. The molecule has 6 nitrogen and oxygen atoms in total. The second-order valence-electron chi connectivity index (χ2n) is 6.82. The molecule has 1 unspecified atom stereocenters. The van der Waals surface area contributed by atoms with Crippen LogP contribution in [-0.4, -0.2) is 39.3 Å². The van der Waals surface area contributed by atoms with Crippen LogP contribution in [0.15, 0.2) is 24.3 Å². The molecule has 1 aromatic carbocycles. The monoisotopic (exact) mass is 339 g/mol. The Morgan fingerprint density at radius 3 is 2.60 bits per heavy atom. The Morgan fingerprint density at radius 1 is 1.16 bits per heavy atom. The first kappa shape index (κ1) is 16.0. The number of amides is 1. The molecule has 1 amide bonds. The number of rotatable bonds is 4. The van der Waals surface area contributed by atoms with Gasteiger partial charge in [0.25, 0.3) is 0 Å². The number of fused-ring (bicyclic) bond motifs is 1. The SMILES string of the molecule is Cc1nc2ccccc2nc1COC(=O)C1CCCN1C(=O)C1CC1. The molecule has 0 bridgehead atoms. The highest BCUT2D eigenvalue weighted by Gasteiger charge is 2.41. The van der Waals surface area contributed by atoms with Crippen LogP contribution < -0.4 is 0 Å². The van der Waals surface area contributed by atoms with Crippen molar-refractivity contribution >= 4 is 22.9 Å². The summed E-state index contributed by atoms with van der Waals surface area (Å²) in [4.78, 5) is 35.5. The van der Waals surface area contributed by atoms with Crippen molar-refractivity contribution in [2.75, 3.05) is 6.54 Å². The fourth-order valence-corrected chi connectivity index (χ4v) is 3.34. The van der Waals surface area contributed by atoms with Crippen LogP contribution in [0.3, 0.4) is 0 Å². The summed E-state index contributed by atoms with van der Waals surface area (Å²) in [7, 11) is 0. The van der Waals surface area contributed by atoms with E-state index in [1.165, 1.54) is 0 Å². The molecule has 2 aromatic rings. The van der Waals surface area contributed by atoms with E-state index in [-0.39, 0.29) is 24.4 Å². The maximum absolute atomic E-state index is 12.5. The lowest BCUT2D eigenvalue weighted by Crippen LogP contribution is -2.42. The lowest BCUT2D eigenvalue weighted by Gasteiger charge is -2.23. The van der Waals surface area contributed by atoms with Crippen molar-refractivity contribution in [2.24, 2.45) is 5.92 Å². The van der Waals surface area contributed by atoms with Crippen LogP contribution in [-0.2, 0) is 20.9 Å². The number of esters is 1.